The van der Waals surface area contributed by atoms with Gasteiger partial charge in [-0.05, 0) is 56.8 Å². The second-order valence-corrected chi connectivity index (χ2v) is 8.11. The number of aromatic amines is 1. The topological polar surface area (TPSA) is 68.4 Å². The van der Waals surface area contributed by atoms with Crippen LogP contribution in [0.4, 0.5) is 0 Å². The number of amides is 2. The van der Waals surface area contributed by atoms with Crippen LogP contribution in [-0.4, -0.2) is 65.9 Å². The van der Waals surface area contributed by atoms with Crippen LogP contribution < -0.4 is 5.32 Å². The molecule has 6 heteroatoms. The first-order valence-corrected chi connectivity index (χ1v) is 10.5. The van der Waals surface area contributed by atoms with Crippen LogP contribution in [0.5, 0.6) is 0 Å². The highest BCUT2D eigenvalue weighted by Crippen LogP contribution is 2.23. The number of nitrogens with one attached hydrogen (secondary N) is 2. The predicted molar refractivity (Wildman–Crippen MR) is 110 cm³/mol. The number of hydrogen-bond donors (Lipinski definition) is 2. The molecule has 2 aliphatic heterocycles. The first kappa shape index (κ1) is 19.0. The van der Waals surface area contributed by atoms with E-state index in [4.69, 9.17) is 0 Å². The molecule has 0 radical (unpaired) electrons. The van der Waals surface area contributed by atoms with Gasteiger partial charge >= 0.3 is 0 Å². The highest BCUT2D eigenvalue weighted by molar-refractivity contribution is 5.98. The molecule has 150 valence electrons. The molecule has 0 unspecified atom stereocenters. The van der Waals surface area contributed by atoms with Crippen LogP contribution in [0.1, 0.15) is 42.6 Å². The number of H-pyrrole nitrogens is 1. The zero-order valence-corrected chi connectivity index (χ0v) is 16.5. The van der Waals surface area contributed by atoms with E-state index >= 15 is 0 Å². The fraction of sp³-hybridized carbons (Fsp3) is 0.545. The van der Waals surface area contributed by atoms with Gasteiger partial charge in [0.2, 0.25) is 5.91 Å². The zero-order chi connectivity index (χ0) is 19.3. The van der Waals surface area contributed by atoms with E-state index in [1.165, 1.54) is 25.9 Å². The van der Waals surface area contributed by atoms with Gasteiger partial charge < -0.3 is 20.1 Å². The summed E-state index contributed by atoms with van der Waals surface area (Å²) in [6.45, 7) is 5.48. The van der Waals surface area contributed by atoms with Crippen molar-refractivity contribution >= 4 is 22.7 Å². The molecule has 28 heavy (non-hydrogen) atoms. The lowest BCUT2D eigenvalue weighted by molar-refractivity contribution is -0.122. The Balaban J connectivity index is 1.20. The molecule has 0 spiro atoms. The minimum Gasteiger partial charge on any atom is -0.355 e. The van der Waals surface area contributed by atoms with Gasteiger partial charge in [0.1, 0.15) is 5.69 Å². The normalized spacial score (nSPS) is 18.6. The minimum atomic E-state index is 0.0599. The molecule has 1 aromatic heterocycles. The van der Waals surface area contributed by atoms with Crippen molar-refractivity contribution in [3.8, 4) is 0 Å². The van der Waals surface area contributed by atoms with Gasteiger partial charge in [0.25, 0.3) is 5.91 Å². The number of para-hydroxylation sites is 1. The van der Waals surface area contributed by atoms with Crippen LogP contribution >= 0.6 is 0 Å². The van der Waals surface area contributed by atoms with Gasteiger partial charge in [0, 0.05) is 43.5 Å². The summed E-state index contributed by atoms with van der Waals surface area (Å²) < 4.78 is 0. The second-order valence-electron chi connectivity index (χ2n) is 8.11. The summed E-state index contributed by atoms with van der Waals surface area (Å²) in [7, 11) is 0. The molecule has 2 saturated heterocycles. The minimum absolute atomic E-state index is 0.0599. The molecule has 3 heterocycles. The molecule has 2 fully saturated rings. The number of rotatable bonds is 6. The van der Waals surface area contributed by atoms with Gasteiger partial charge in [0.05, 0.1) is 0 Å². The summed E-state index contributed by atoms with van der Waals surface area (Å²) in [5.41, 5.74) is 1.64. The van der Waals surface area contributed by atoms with Crippen LogP contribution in [0.25, 0.3) is 10.9 Å². The third-order valence-corrected chi connectivity index (χ3v) is 6.09. The molecule has 0 aliphatic carbocycles. The van der Waals surface area contributed by atoms with Gasteiger partial charge in [-0.2, -0.15) is 0 Å². The lowest BCUT2D eigenvalue weighted by Crippen LogP contribution is -2.40. The molecule has 2 N–H and O–H groups in total. The van der Waals surface area contributed by atoms with Gasteiger partial charge in [-0.25, -0.2) is 0 Å². The molecule has 6 nitrogen and oxygen atoms in total. The quantitative estimate of drug-likeness (QED) is 0.807. The molecular formula is C22H30N4O2. The molecule has 1 aromatic carbocycles. The Morgan fingerprint density at radius 1 is 1.07 bits per heavy atom. The van der Waals surface area contributed by atoms with Crippen molar-refractivity contribution in [1.29, 1.82) is 0 Å². The molecule has 4 rings (SSSR count). The second kappa shape index (κ2) is 8.78. The largest absolute Gasteiger partial charge is 0.355 e. The SMILES string of the molecule is O=C(CC1CCN(C(=O)c2cc3ccccc3[nH]2)CC1)NCCN1CCCC1. The Bertz CT molecular complexity index is 784. The van der Waals surface area contributed by atoms with E-state index in [0.29, 0.717) is 18.0 Å². The Morgan fingerprint density at radius 2 is 1.82 bits per heavy atom. The number of aromatic nitrogens is 1. The lowest BCUT2D eigenvalue weighted by atomic mass is 9.93. The summed E-state index contributed by atoms with van der Waals surface area (Å²) in [5.74, 6) is 0.586. The molecule has 2 amide bonds. The smallest absolute Gasteiger partial charge is 0.270 e. The predicted octanol–water partition coefficient (Wildman–Crippen LogP) is 2.62. The molecule has 0 saturated carbocycles. The summed E-state index contributed by atoms with van der Waals surface area (Å²) in [5, 5.41) is 4.13. The number of fused-ring (bicyclic) bond motifs is 1. The van der Waals surface area contributed by atoms with E-state index in [9.17, 15) is 9.59 Å². The average Bonchev–Trinajstić information content (AvgIpc) is 3.37. The van der Waals surface area contributed by atoms with Gasteiger partial charge in [-0.15, -0.1) is 0 Å². The molecular weight excluding hydrogens is 352 g/mol. The highest BCUT2D eigenvalue weighted by Gasteiger charge is 2.26. The van der Waals surface area contributed by atoms with Crippen LogP contribution in [0, 0.1) is 5.92 Å². The van der Waals surface area contributed by atoms with Crippen molar-refractivity contribution in [2.75, 3.05) is 39.3 Å². The first-order chi connectivity index (χ1) is 13.7. The van der Waals surface area contributed by atoms with Crippen LogP contribution in [0.15, 0.2) is 30.3 Å². The molecule has 2 aliphatic rings. The number of hydrogen-bond acceptors (Lipinski definition) is 3. The van der Waals surface area contributed by atoms with Crippen LogP contribution in [-0.2, 0) is 4.79 Å². The van der Waals surface area contributed by atoms with Crippen LogP contribution in [0.2, 0.25) is 0 Å². The first-order valence-electron chi connectivity index (χ1n) is 10.5. The number of benzene rings is 1. The summed E-state index contributed by atoms with van der Waals surface area (Å²) in [4.78, 5) is 32.5. The van der Waals surface area contributed by atoms with Crippen molar-refractivity contribution in [2.24, 2.45) is 5.92 Å². The Labute approximate surface area is 166 Å². The summed E-state index contributed by atoms with van der Waals surface area (Å²) in [6, 6.07) is 9.87. The molecule has 0 atom stereocenters. The Morgan fingerprint density at radius 3 is 2.57 bits per heavy atom. The number of piperidine rings is 1. The zero-order valence-electron chi connectivity index (χ0n) is 16.5. The third-order valence-electron chi connectivity index (χ3n) is 6.09. The maximum Gasteiger partial charge on any atom is 0.270 e. The monoisotopic (exact) mass is 382 g/mol. The van der Waals surface area contributed by atoms with Crippen molar-refractivity contribution in [3.05, 3.63) is 36.0 Å². The van der Waals surface area contributed by atoms with E-state index in [1.807, 2.05) is 35.2 Å². The van der Waals surface area contributed by atoms with Crippen LogP contribution in [0.3, 0.4) is 0 Å². The highest BCUT2D eigenvalue weighted by atomic mass is 16.2. The van der Waals surface area contributed by atoms with Crippen molar-refractivity contribution in [1.82, 2.24) is 20.1 Å². The fourth-order valence-corrected chi connectivity index (χ4v) is 4.39. The summed E-state index contributed by atoms with van der Waals surface area (Å²) >= 11 is 0. The number of carbonyl (C=O) groups is 2. The maximum atomic E-state index is 12.8. The summed E-state index contributed by atoms with van der Waals surface area (Å²) in [6.07, 6.45) is 4.93. The number of likely N-dealkylation sites (tertiary alicyclic amines) is 2. The molecule has 2 aromatic rings. The van der Waals surface area contributed by atoms with Crippen molar-refractivity contribution in [2.45, 2.75) is 32.1 Å². The lowest BCUT2D eigenvalue weighted by Gasteiger charge is -2.31. The number of nitrogens with zero attached hydrogens (tertiary/aromatic N) is 2. The van der Waals surface area contributed by atoms with Gasteiger partial charge in [-0.1, -0.05) is 18.2 Å². The van der Waals surface area contributed by atoms with Gasteiger partial charge in [0.15, 0.2) is 0 Å². The number of carbonyl (C=O) groups excluding carboxylic acids is 2. The van der Waals surface area contributed by atoms with E-state index in [-0.39, 0.29) is 11.8 Å². The standard InChI is InChI=1S/C22H30N4O2/c27-21(23-9-14-25-10-3-4-11-25)15-17-7-12-26(13-8-17)22(28)20-16-18-5-1-2-6-19(18)24-20/h1-2,5-6,16-17,24H,3-4,7-15H2,(H,23,27). The van der Waals surface area contributed by atoms with Crippen molar-refractivity contribution < 1.29 is 9.59 Å². The Kier molecular flexibility index (Phi) is 5.95. The molecule has 0 bridgehead atoms. The van der Waals surface area contributed by atoms with E-state index in [1.54, 1.807) is 0 Å². The third kappa shape index (κ3) is 4.55. The van der Waals surface area contributed by atoms with E-state index < -0.39 is 0 Å². The Hall–Kier alpha value is -2.34. The van der Waals surface area contributed by atoms with E-state index in [0.717, 1.165) is 49.9 Å². The fourth-order valence-electron chi connectivity index (χ4n) is 4.39. The average molecular weight is 383 g/mol. The maximum absolute atomic E-state index is 12.8. The van der Waals surface area contributed by atoms with E-state index in [2.05, 4.69) is 15.2 Å². The van der Waals surface area contributed by atoms with Gasteiger partial charge in [-0.3, -0.25) is 9.59 Å². The van der Waals surface area contributed by atoms with Crippen molar-refractivity contribution in [3.63, 3.8) is 0 Å².